The minimum Gasteiger partial charge on any atom is -0.337 e. The number of benzene rings is 1. The van der Waals surface area contributed by atoms with E-state index < -0.39 is 0 Å². The molecule has 5 aromatic heterocycles. The van der Waals surface area contributed by atoms with Gasteiger partial charge in [0, 0.05) is 52.8 Å². The molecule has 1 aromatic carbocycles. The normalized spacial score (nSPS) is 11.5. The zero-order chi connectivity index (χ0) is 26.4. The molecule has 6 aromatic rings. The van der Waals surface area contributed by atoms with Crippen molar-refractivity contribution < 1.29 is 4.79 Å². The van der Waals surface area contributed by atoms with Crippen LogP contribution >= 0.6 is 0 Å². The van der Waals surface area contributed by atoms with Crippen LogP contribution in [0.3, 0.4) is 0 Å². The number of nitrogens with two attached hydrogens (primary N) is 2. The van der Waals surface area contributed by atoms with Crippen molar-refractivity contribution in [3.05, 3.63) is 73.6 Å². The first-order valence-corrected chi connectivity index (χ1v) is 12.0. The van der Waals surface area contributed by atoms with Crippen LogP contribution in [0.2, 0.25) is 0 Å². The number of aromatic amines is 1. The molecule has 0 unspecified atom stereocenters. The number of hydrazine groups is 1. The lowest BCUT2D eigenvalue weighted by Gasteiger charge is -2.19. The van der Waals surface area contributed by atoms with E-state index in [4.69, 9.17) is 16.7 Å². The molecule has 5 heterocycles. The number of nitrogen functional groups attached to an aromatic ring is 1. The molecular formula is C27H24N10O. The number of anilines is 1. The highest BCUT2D eigenvalue weighted by molar-refractivity contribution is 5.99. The Morgan fingerprint density at radius 3 is 2.58 bits per heavy atom. The zero-order valence-electron chi connectivity index (χ0n) is 20.7. The van der Waals surface area contributed by atoms with E-state index in [1.54, 1.807) is 51.0 Å². The number of nitrogens with one attached hydrogen (secondary N) is 1. The SMILES string of the molecule is CC(C)C(=O)N(N)c1cncc(-c2ccc3[nH]nc(-c4nc5c(-c6cccnc6)cncc5n4N)c3c2)c1. The monoisotopic (exact) mass is 504 g/mol. The summed E-state index contributed by atoms with van der Waals surface area (Å²) in [5.41, 5.74) is 6.68. The molecule has 0 saturated carbocycles. The lowest BCUT2D eigenvalue weighted by Crippen LogP contribution is -2.40. The third-order valence-corrected chi connectivity index (χ3v) is 6.42. The molecule has 0 aliphatic rings. The Kier molecular flexibility index (Phi) is 5.54. The van der Waals surface area contributed by atoms with Crippen molar-refractivity contribution in [1.29, 1.82) is 0 Å². The van der Waals surface area contributed by atoms with Crippen LogP contribution in [-0.2, 0) is 4.79 Å². The molecule has 0 aliphatic carbocycles. The first-order valence-electron chi connectivity index (χ1n) is 12.0. The second-order valence-corrected chi connectivity index (χ2v) is 9.23. The van der Waals surface area contributed by atoms with Gasteiger partial charge in [0.15, 0.2) is 5.82 Å². The highest BCUT2D eigenvalue weighted by Gasteiger charge is 2.20. The molecule has 0 spiro atoms. The molecule has 11 heteroatoms. The highest BCUT2D eigenvalue weighted by Crippen LogP contribution is 2.34. The van der Waals surface area contributed by atoms with Crippen LogP contribution in [0.4, 0.5) is 5.69 Å². The number of fused-ring (bicyclic) bond motifs is 2. The predicted octanol–water partition coefficient (Wildman–Crippen LogP) is 3.68. The highest BCUT2D eigenvalue weighted by atomic mass is 16.2. The minimum absolute atomic E-state index is 0.196. The minimum atomic E-state index is -0.238. The van der Waals surface area contributed by atoms with Gasteiger partial charge >= 0.3 is 0 Å². The van der Waals surface area contributed by atoms with E-state index in [9.17, 15) is 4.79 Å². The number of hydrogen-bond donors (Lipinski definition) is 3. The fraction of sp³-hybridized carbons (Fsp3) is 0.111. The van der Waals surface area contributed by atoms with Crippen molar-refractivity contribution in [2.24, 2.45) is 11.8 Å². The van der Waals surface area contributed by atoms with Gasteiger partial charge in [-0.2, -0.15) is 5.10 Å². The van der Waals surface area contributed by atoms with Crippen molar-refractivity contribution in [2.75, 3.05) is 10.9 Å². The second kappa shape index (κ2) is 9.05. The van der Waals surface area contributed by atoms with Crippen molar-refractivity contribution in [1.82, 2.24) is 34.8 Å². The van der Waals surface area contributed by atoms with E-state index in [1.165, 1.54) is 4.68 Å². The van der Waals surface area contributed by atoms with Crippen LogP contribution in [0.1, 0.15) is 13.8 Å². The largest absolute Gasteiger partial charge is 0.337 e. The number of imidazole rings is 1. The first kappa shape index (κ1) is 23.3. The summed E-state index contributed by atoms with van der Waals surface area (Å²) in [5.74, 6) is 12.6. The summed E-state index contributed by atoms with van der Waals surface area (Å²) in [6.07, 6.45) is 10.2. The summed E-state index contributed by atoms with van der Waals surface area (Å²) < 4.78 is 1.50. The smallest absolute Gasteiger partial charge is 0.243 e. The van der Waals surface area contributed by atoms with Gasteiger partial charge in [-0.3, -0.25) is 24.8 Å². The van der Waals surface area contributed by atoms with Gasteiger partial charge in [0.05, 0.1) is 23.6 Å². The Morgan fingerprint density at radius 2 is 1.79 bits per heavy atom. The molecule has 0 atom stereocenters. The van der Waals surface area contributed by atoms with Crippen molar-refractivity contribution in [3.63, 3.8) is 0 Å². The number of hydrogen-bond acceptors (Lipinski definition) is 8. The fourth-order valence-corrected chi connectivity index (χ4v) is 4.40. The number of H-pyrrole nitrogens is 1. The number of pyridine rings is 3. The van der Waals surface area contributed by atoms with Gasteiger partial charge < -0.3 is 5.84 Å². The van der Waals surface area contributed by atoms with Crippen LogP contribution in [0.25, 0.3) is 55.7 Å². The molecule has 5 N–H and O–H groups in total. The van der Waals surface area contributed by atoms with Gasteiger partial charge in [0.1, 0.15) is 16.7 Å². The average molecular weight is 505 g/mol. The van der Waals surface area contributed by atoms with Crippen LogP contribution in [0.5, 0.6) is 0 Å². The third kappa shape index (κ3) is 3.82. The number of carbonyl (C=O) groups excluding carboxylic acids is 1. The molecule has 188 valence electrons. The number of carbonyl (C=O) groups is 1. The maximum atomic E-state index is 12.4. The Labute approximate surface area is 217 Å². The number of aromatic nitrogens is 7. The van der Waals surface area contributed by atoms with Crippen LogP contribution in [-0.4, -0.2) is 40.7 Å². The van der Waals surface area contributed by atoms with Gasteiger partial charge in [-0.1, -0.05) is 26.0 Å². The summed E-state index contributed by atoms with van der Waals surface area (Å²) in [6, 6.07) is 11.5. The first-order chi connectivity index (χ1) is 18.4. The van der Waals surface area contributed by atoms with Crippen LogP contribution in [0.15, 0.2) is 73.6 Å². The lowest BCUT2D eigenvalue weighted by atomic mass is 10.0. The Hall–Kier alpha value is -5.16. The summed E-state index contributed by atoms with van der Waals surface area (Å²) in [4.78, 5) is 30.1. The van der Waals surface area contributed by atoms with E-state index >= 15 is 0 Å². The number of rotatable bonds is 5. The molecule has 0 saturated heterocycles. The predicted molar refractivity (Wildman–Crippen MR) is 146 cm³/mol. The van der Waals surface area contributed by atoms with Gasteiger partial charge in [-0.25, -0.2) is 20.5 Å². The maximum absolute atomic E-state index is 12.4. The quantitative estimate of drug-likeness (QED) is 0.182. The molecule has 0 fully saturated rings. The Balaban J connectivity index is 1.45. The zero-order valence-corrected chi connectivity index (χ0v) is 20.7. The van der Waals surface area contributed by atoms with Crippen LogP contribution in [0, 0.1) is 5.92 Å². The molecule has 0 radical (unpaired) electrons. The van der Waals surface area contributed by atoms with E-state index in [-0.39, 0.29) is 11.8 Å². The van der Waals surface area contributed by atoms with Gasteiger partial charge in [-0.15, -0.1) is 0 Å². The molecular weight excluding hydrogens is 480 g/mol. The van der Waals surface area contributed by atoms with Crippen LogP contribution < -0.4 is 16.7 Å². The van der Waals surface area contributed by atoms with Gasteiger partial charge in [-0.05, 0) is 29.8 Å². The van der Waals surface area contributed by atoms with Crippen molar-refractivity contribution in [3.8, 4) is 33.8 Å². The second-order valence-electron chi connectivity index (χ2n) is 9.23. The standard InChI is InChI=1S/C27H24N10O/c1-15(2)27(38)36(28)19-8-18(11-31-12-19)16-5-6-22-20(9-16)25(35-34-22)26-33-24-21(17-4-3-7-30-10-17)13-32-14-23(24)37(26)29/h3-15H,28-29H2,1-2H3,(H,34,35). The van der Waals surface area contributed by atoms with E-state index in [0.717, 1.165) is 38.2 Å². The maximum Gasteiger partial charge on any atom is 0.243 e. The van der Waals surface area contributed by atoms with Gasteiger partial charge in [0.25, 0.3) is 0 Å². The summed E-state index contributed by atoms with van der Waals surface area (Å²) in [6.45, 7) is 3.60. The Morgan fingerprint density at radius 1 is 0.974 bits per heavy atom. The van der Waals surface area contributed by atoms with Gasteiger partial charge in [0.2, 0.25) is 5.91 Å². The molecule has 0 aliphatic heterocycles. The number of nitrogens with zero attached hydrogens (tertiary/aromatic N) is 7. The third-order valence-electron chi connectivity index (χ3n) is 6.42. The topological polar surface area (TPSA) is 158 Å². The Bertz CT molecular complexity index is 1810. The molecule has 0 bridgehead atoms. The van der Waals surface area contributed by atoms with E-state index in [1.807, 2.05) is 36.4 Å². The van der Waals surface area contributed by atoms with Crippen molar-refractivity contribution >= 4 is 33.5 Å². The van der Waals surface area contributed by atoms with E-state index in [2.05, 4.69) is 25.1 Å². The van der Waals surface area contributed by atoms with E-state index in [0.29, 0.717) is 28.2 Å². The number of amides is 1. The average Bonchev–Trinajstić information content (AvgIpc) is 3.52. The molecule has 38 heavy (non-hydrogen) atoms. The summed E-state index contributed by atoms with van der Waals surface area (Å²) in [5, 5.41) is 9.56. The van der Waals surface area contributed by atoms with Crippen molar-refractivity contribution in [2.45, 2.75) is 13.8 Å². The molecule has 11 nitrogen and oxygen atoms in total. The summed E-state index contributed by atoms with van der Waals surface area (Å²) >= 11 is 0. The summed E-state index contributed by atoms with van der Waals surface area (Å²) in [7, 11) is 0. The fourth-order valence-electron chi connectivity index (χ4n) is 4.40. The molecule has 6 rings (SSSR count). The lowest BCUT2D eigenvalue weighted by molar-refractivity contribution is -0.121. The molecule has 1 amide bonds.